The molecule has 1 rings (SSSR count). The third kappa shape index (κ3) is 4.86. The molecule has 1 aromatic rings. The summed E-state index contributed by atoms with van der Waals surface area (Å²) in [5.41, 5.74) is -1.20. The lowest BCUT2D eigenvalue weighted by Gasteiger charge is -2.15. The molecule has 0 spiro atoms. The molecule has 0 heterocycles. The van der Waals surface area contributed by atoms with Gasteiger partial charge in [0.25, 0.3) is 10.1 Å². The normalized spacial score (nSPS) is 13.3. The van der Waals surface area contributed by atoms with Gasteiger partial charge in [-0.1, -0.05) is 18.2 Å². The van der Waals surface area contributed by atoms with Crippen molar-refractivity contribution in [3.05, 3.63) is 35.9 Å². The van der Waals surface area contributed by atoms with E-state index in [-0.39, 0.29) is 11.3 Å². The molecule has 4 nitrogen and oxygen atoms in total. The van der Waals surface area contributed by atoms with Crippen molar-refractivity contribution < 1.29 is 30.5 Å². The van der Waals surface area contributed by atoms with E-state index in [4.69, 9.17) is 4.74 Å². The van der Waals surface area contributed by atoms with E-state index >= 15 is 0 Å². The molecule has 0 saturated carbocycles. The Morgan fingerprint density at radius 1 is 1.30 bits per heavy atom. The van der Waals surface area contributed by atoms with Crippen molar-refractivity contribution in [2.45, 2.75) is 6.18 Å². The van der Waals surface area contributed by atoms with Gasteiger partial charge >= 0.3 is 6.18 Å². The molecule has 0 radical (unpaired) electrons. The first-order chi connectivity index (χ1) is 9.15. The molecule has 0 saturated heterocycles. The van der Waals surface area contributed by atoms with E-state index in [1.54, 1.807) is 0 Å². The summed E-state index contributed by atoms with van der Waals surface area (Å²) in [5, 5.41) is 0. The van der Waals surface area contributed by atoms with Crippen LogP contribution in [-0.2, 0) is 14.3 Å². The summed E-state index contributed by atoms with van der Waals surface area (Å²) < 4.78 is 69.7. The zero-order chi connectivity index (χ0) is 15.4. The van der Waals surface area contributed by atoms with E-state index in [9.17, 15) is 21.6 Å². The number of benzene rings is 1. The highest BCUT2D eigenvalue weighted by atomic mass is 32.2. The second-order valence-corrected chi connectivity index (χ2v) is 5.45. The number of hydrogen-bond donors (Lipinski definition) is 0. The van der Waals surface area contributed by atoms with Gasteiger partial charge in [-0.3, -0.25) is 4.18 Å². The molecule has 0 fully saturated rings. The predicted octanol–water partition coefficient (Wildman–Crippen LogP) is 2.62. The Morgan fingerprint density at radius 2 is 1.90 bits per heavy atom. The third-order valence-electron chi connectivity index (χ3n) is 2.27. The Morgan fingerprint density at radius 3 is 2.40 bits per heavy atom. The van der Waals surface area contributed by atoms with Crippen molar-refractivity contribution in [1.82, 2.24) is 0 Å². The number of halogens is 3. The van der Waals surface area contributed by atoms with Gasteiger partial charge in [-0.25, -0.2) is 0 Å². The second kappa shape index (κ2) is 6.27. The number of para-hydroxylation sites is 1. The molecule has 0 aromatic heterocycles. The van der Waals surface area contributed by atoms with Gasteiger partial charge in [-0.15, -0.1) is 0 Å². The highest BCUT2D eigenvalue weighted by Crippen LogP contribution is 2.37. The standard InChI is InChI=1S/C12H13F3O4S/c1-18-11-6-4-3-5-9(11)10(12(13,14)15)7-8-19-20(2,16)17/h3-7H,8H2,1-2H3/b10-7+. The van der Waals surface area contributed by atoms with Crippen LogP contribution in [0.25, 0.3) is 5.57 Å². The lowest BCUT2D eigenvalue weighted by Crippen LogP contribution is -2.13. The Balaban J connectivity index is 3.17. The van der Waals surface area contributed by atoms with Crippen molar-refractivity contribution in [2.75, 3.05) is 20.0 Å². The molecule has 0 bridgehead atoms. The van der Waals surface area contributed by atoms with Crippen molar-refractivity contribution in [3.8, 4) is 5.75 Å². The van der Waals surface area contributed by atoms with Crippen LogP contribution in [0.1, 0.15) is 5.56 Å². The van der Waals surface area contributed by atoms with Crippen LogP contribution in [0.3, 0.4) is 0 Å². The number of allylic oxidation sites excluding steroid dienone is 1. The zero-order valence-corrected chi connectivity index (χ0v) is 11.6. The number of alkyl halides is 3. The topological polar surface area (TPSA) is 52.6 Å². The highest BCUT2D eigenvalue weighted by molar-refractivity contribution is 7.85. The fourth-order valence-electron chi connectivity index (χ4n) is 1.49. The van der Waals surface area contributed by atoms with Crippen LogP contribution in [0.5, 0.6) is 5.75 Å². The maximum absolute atomic E-state index is 13.0. The van der Waals surface area contributed by atoms with Crippen LogP contribution in [0.2, 0.25) is 0 Å². The molecular formula is C12H13F3O4S. The Kier molecular flexibility index (Phi) is 5.18. The highest BCUT2D eigenvalue weighted by Gasteiger charge is 2.36. The smallest absolute Gasteiger partial charge is 0.416 e. The molecule has 0 atom stereocenters. The van der Waals surface area contributed by atoms with Crippen molar-refractivity contribution in [2.24, 2.45) is 0 Å². The maximum atomic E-state index is 13.0. The van der Waals surface area contributed by atoms with Crippen LogP contribution in [0.15, 0.2) is 30.3 Å². The SMILES string of the molecule is COc1ccccc1/C(=C\COS(C)(=O)=O)C(F)(F)F. The summed E-state index contributed by atoms with van der Waals surface area (Å²) >= 11 is 0. The number of hydrogen-bond acceptors (Lipinski definition) is 4. The summed E-state index contributed by atoms with van der Waals surface area (Å²) in [4.78, 5) is 0. The first-order valence-corrected chi connectivity index (χ1v) is 7.22. The van der Waals surface area contributed by atoms with Gasteiger partial charge in [0.1, 0.15) is 5.75 Å². The van der Waals surface area contributed by atoms with Crippen LogP contribution in [0.4, 0.5) is 13.2 Å². The van der Waals surface area contributed by atoms with Gasteiger partial charge in [-0.2, -0.15) is 21.6 Å². The number of rotatable bonds is 5. The minimum absolute atomic E-state index is 0.0374. The largest absolute Gasteiger partial charge is 0.496 e. The van der Waals surface area contributed by atoms with Crippen LogP contribution >= 0.6 is 0 Å². The second-order valence-electron chi connectivity index (χ2n) is 3.80. The molecule has 0 aliphatic rings. The van der Waals surface area contributed by atoms with Crippen LogP contribution < -0.4 is 4.74 Å². The van der Waals surface area contributed by atoms with Gasteiger partial charge in [0.05, 0.1) is 25.5 Å². The quantitative estimate of drug-likeness (QED) is 0.785. The lowest BCUT2D eigenvalue weighted by molar-refractivity contribution is -0.0693. The number of ether oxygens (including phenoxy) is 1. The Hall–Kier alpha value is -1.54. The van der Waals surface area contributed by atoms with Crippen molar-refractivity contribution in [1.29, 1.82) is 0 Å². The van der Waals surface area contributed by atoms with Gasteiger partial charge in [0.15, 0.2) is 0 Å². The average molecular weight is 310 g/mol. The van der Waals surface area contributed by atoms with Gasteiger partial charge in [0, 0.05) is 5.56 Å². The van der Waals surface area contributed by atoms with Crippen LogP contribution in [-0.4, -0.2) is 34.6 Å². The predicted molar refractivity (Wildman–Crippen MR) is 67.8 cm³/mol. The fraction of sp³-hybridized carbons (Fsp3) is 0.333. The molecule has 8 heteroatoms. The summed E-state index contributed by atoms with van der Waals surface area (Å²) in [6.07, 6.45) is -3.23. The monoisotopic (exact) mass is 310 g/mol. The van der Waals surface area contributed by atoms with Gasteiger partial charge in [-0.05, 0) is 12.1 Å². The maximum Gasteiger partial charge on any atom is 0.416 e. The summed E-state index contributed by atoms with van der Waals surface area (Å²) in [7, 11) is -2.56. The minimum Gasteiger partial charge on any atom is -0.496 e. The van der Waals surface area contributed by atoms with Gasteiger partial charge < -0.3 is 4.74 Å². The average Bonchev–Trinajstić information content (AvgIpc) is 2.32. The van der Waals surface area contributed by atoms with E-state index in [0.29, 0.717) is 6.08 Å². The van der Waals surface area contributed by atoms with E-state index in [2.05, 4.69) is 4.18 Å². The van der Waals surface area contributed by atoms with E-state index in [1.807, 2.05) is 0 Å². The van der Waals surface area contributed by atoms with E-state index < -0.39 is 28.5 Å². The molecule has 0 amide bonds. The summed E-state index contributed by atoms with van der Waals surface area (Å²) in [6.45, 7) is -0.703. The third-order valence-corrected chi connectivity index (χ3v) is 2.84. The first kappa shape index (κ1) is 16.5. The van der Waals surface area contributed by atoms with E-state index in [1.165, 1.54) is 31.4 Å². The lowest BCUT2D eigenvalue weighted by atomic mass is 10.0. The molecule has 0 unspecified atom stereocenters. The number of methoxy groups -OCH3 is 1. The summed E-state index contributed by atoms with van der Waals surface area (Å²) in [6, 6.07) is 5.57. The molecule has 112 valence electrons. The molecule has 1 aromatic carbocycles. The molecule has 20 heavy (non-hydrogen) atoms. The molecule has 0 aliphatic carbocycles. The fourth-order valence-corrected chi connectivity index (χ4v) is 1.80. The van der Waals surface area contributed by atoms with E-state index in [0.717, 1.165) is 6.26 Å². The Bertz CT molecular complexity index is 591. The zero-order valence-electron chi connectivity index (χ0n) is 10.8. The minimum atomic E-state index is -4.66. The molecule has 0 aliphatic heterocycles. The van der Waals surface area contributed by atoms with Crippen molar-refractivity contribution >= 4 is 15.7 Å². The van der Waals surface area contributed by atoms with Crippen molar-refractivity contribution in [3.63, 3.8) is 0 Å². The molecule has 0 N–H and O–H groups in total. The first-order valence-electron chi connectivity index (χ1n) is 5.40. The molecular weight excluding hydrogens is 297 g/mol. The summed E-state index contributed by atoms with van der Waals surface area (Å²) in [5.74, 6) is 0.0374. The van der Waals surface area contributed by atoms with Crippen LogP contribution in [0, 0.1) is 0 Å². The Labute approximate surface area is 114 Å². The van der Waals surface area contributed by atoms with Gasteiger partial charge in [0.2, 0.25) is 0 Å².